The number of alkyl halides is 3. The van der Waals surface area contributed by atoms with E-state index in [0.717, 1.165) is 0 Å². The third-order valence-electron chi connectivity index (χ3n) is 5.10. The molecule has 0 fully saturated rings. The molecule has 4 rings (SSSR count). The Hall–Kier alpha value is -2.76. The Morgan fingerprint density at radius 3 is 2.71 bits per heavy atom. The molecule has 10 heteroatoms. The third-order valence-corrected chi connectivity index (χ3v) is 5.99. The Balaban J connectivity index is 1.82. The van der Waals surface area contributed by atoms with Gasteiger partial charge in [0.25, 0.3) is 12.3 Å². The fourth-order valence-corrected chi connectivity index (χ4v) is 4.04. The van der Waals surface area contributed by atoms with Crippen LogP contribution in [0.15, 0.2) is 30.3 Å². The summed E-state index contributed by atoms with van der Waals surface area (Å²) in [5.41, 5.74) is 7.82. The van der Waals surface area contributed by atoms with Crippen LogP contribution in [0.4, 0.5) is 26.0 Å². The molecule has 3 N–H and O–H groups in total. The van der Waals surface area contributed by atoms with Crippen molar-refractivity contribution in [2.24, 2.45) is 0 Å². The van der Waals surface area contributed by atoms with Crippen LogP contribution in [0.2, 0.25) is 0 Å². The number of ether oxygens (including phenoxy) is 1. The van der Waals surface area contributed by atoms with Crippen LogP contribution in [-0.4, -0.2) is 29.5 Å². The second-order valence-corrected chi connectivity index (χ2v) is 9.67. The van der Waals surface area contributed by atoms with E-state index in [-0.39, 0.29) is 23.8 Å². The van der Waals surface area contributed by atoms with Crippen molar-refractivity contribution in [2.75, 3.05) is 29.6 Å². The lowest BCUT2D eigenvalue weighted by Crippen LogP contribution is -2.35. The zero-order chi connectivity index (χ0) is 22.5. The van der Waals surface area contributed by atoms with Gasteiger partial charge in [0.2, 0.25) is 0 Å². The van der Waals surface area contributed by atoms with Gasteiger partial charge >= 0.3 is 0 Å². The lowest BCUT2D eigenvalue weighted by Gasteiger charge is -2.29. The molecule has 0 aliphatic carbocycles. The average Bonchev–Trinajstić information content (AvgIpc) is 2.69. The molecule has 1 unspecified atom stereocenters. The summed E-state index contributed by atoms with van der Waals surface area (Å²) in [5.74, 6) is 1.44. The summed E-state index contributed by atoms with van der Waals surface area (Å²) in [4.78, 5) is 22.6. The fraction of sp³-hybridized carbons (Fsp3) is 0.286. The molecule has 0 bridgehead atoms. The first-order chi connectivity index (χ1) is 14.5. The van der Waals surface area contributed by atoms with Crippen molar-refractivity contribution in [3.8, 4) is 5.75 Å². The maximum absolute atomic E-state index is 13.3. The summed E-state index contributed by atoms with van der Waals surface area (Å²) in [6.45, 7) is 3.58. The molecule has 0 radical (unpaired) electrons. The van der Waals surface area contributed by atoms with E-state index in [9.17, 15) is 13.6 Å². The number of nitrogens with zero attached hydrogens (tertiary/aromatic N) is 3. The number of anilines is 3. The molecule has 0 saturated carbocycles. The van der Waals surface area contributed by atoms with Gasteiger partial charge < -0.3 is 20.7 Å². The Bertz CT molecular complexity index is 1200. The van der Waals surface area contributed by atoms with Crippen molar-refractivity contribution in [1.29, 1.82) is 0 Å². The quantitative estimate of drug-likeness (QED) is 0.219. The number of carbonyl (C=O) groups is 1. The Morgan fingerprint density at radius 2 is 2.00 bits per heavy atom. The van der Waals surface area contributed by atoms with Crippen molar-refractivity contribution in [3.63, 3.8) is 0 Å². The third kappa shape index (κ3) is 4.08. The maximum Gasteiger partial charge on any atom is 0.264 e. The van der Waals surface area contributed by atoms with Crippen LogP contribution in [0.1, 0.15) is 30.3 Å². The van der Waals surface area contributed by atoms with Crippen molar-refractivity contribution < 1.29 is 18.3 Å². The van der Waals surface area contributed by atoms with E-state index in [2.05, 4.69) is 37.9 Å². The number of hydrogen-bond acceptors (Lipinski definition) is 6. The summed E-state index contributed by atoms with van der Waals surface area (Å²) in [6, 6.07) is 7.92. The van der Waals surface area contributed by atoms with E-state index in [0.29, 0.717) is 39.5 Å². The molecule has 1 amide bonds. The van der Waals surface area contributed by atoms with E-state index in [4.69, 9.17) is 10.5 Å². The van der Waals surface area contributed by atoms with Crippen LogP contribution in [-0.2, 0) is 8.34 Å². The predicted molar refractivity (Wildman–Crippen MR) is 124 cm³/mol. The van der Waals surface area contributed by atoms with E-state index < -0.39 is 9.97 Å². The van der Waals surface area contributed by atoms with Gasteiger partial charge in [-0.15, -0.1) is 0 Å². The molecule has 2 aromatic carbocycles. The summed E-state index contributed by atoms with van der Waals surface area (Å²) in [7, 11) is 1.68. The SMILES string of the molecule is Cc1nc(NC(C)(I)c2cc(N)cc(C(F)F)c2)c2cc3c(cc2n1)OCC(=O)N3C. The number of nitrogens with one attached hydrogen (secondary N) is 1. The Kier molecular flexibility index (Phi) is 5.36. The van der Waals surface area contributed by atoms with Crippen molar-refractivity contribution in [2.45, 2.75) is 23.8 Å². The summed E-state index contributed by atoms with van der Waals surface area (Å²) in [6.07, 6.45) is -2.63. The molecule has 7 nitrogen and oxygen atoms in total. The minimum absolute atomic E-state index is 0.0299. The fourth-order valence-electron chi connectivity index (χ4n) is 3.47. The van der Waals surface area contributed by atoms with Gasteiger partial charge in [-0.25, -0.2) is 18.7 Å². The Morgan fingerprint density at radius 1 is 1.26 bits per heavy atom. The highest BCUT2D eigenvalue weighted by Gasteiger charge is 2.28. The molecule has 0 spiro atoms. The van der Waals surface area contributed by atoms with Crippen LogP contribution in [0.5, 0.6) is 5.75 Å². The van der Waals surface area contributed by atoms with Crippen LogP contribution in [0.3, 0.4) is 0 Å². The number of aromatic nitrogens is 2. The van der Waals surface area contributed by atoms with E-state index in [1.165, 1.54) is 17.0 Å². The van der Waals surface area contributed by atoms with Gasteiger partial charge in [0.1, 0.15) is 20.9 Å². The molecule has 0 saturated heterocycles. The molecular formula is C21H20F2IN5O2. The molecule has 31 heavy (non-hydrogen) atoms. The van der Waals surface area contributed by atoms with Gasteiger partial charge in [-0.3, -0.25) is 4.79 Å². The monoisotopic (exact) mass is 539 g/mol. The first kappa shape index (κ1) is 21.5. The largest absolute Gasteiger partial charge is 0.481 e. The number of amides is 1. The molecule has 1 atom stereocenters. The molecule has 1 aliphatic rings. The van der Waals surface area contributed by atoms with Gasteiger partial charge in [0, 0.05) is 29.8 Å². The molecular weight excluding hydrogens is 519 g/mol. The Labute approximate surface area is 191 Å². The number of benzene rings is 2. The van der Waals surface area contributed by atoms with E-state index >= 15 is 0 Å². The zero-order valence-electron chi connectivity index (χ0n) is 17.0. The van der Waals surface area contributed by atoms with Crippen LogP contribution < -0.4 is 20.7 Å². The van der Waals surface area contributed by atoms with Crippen LogP contribution in [0.25, 0.3) is 10.9 Å². The lowest BCUT2D eigenvalue weighted by atomic mass is 10.0. The van der Waals surface area contributed by atoms with Crippen LogP contribution in [0, 0.1) is 6.92 Å². The van der Waals surface area contributed by atoms with E-state index in [1.807, 2.05) is 6.92 Å². The number of carbonyl (C=O) groups excluding carboxylic acids is 1. The summed E-state index contributed by atoms with van der Waals surface area (Å²) in [5, 5.41) is 4.01. The summed E-state index contributed by atoms with van der Waals surface area (Å²) >= 11 is 2.14. The lowest BCUT2D eigenvalue weighted by molar-refractivity contribution is -0.120. The maximum atomic E-state index is 13.3. The first-order valence-electron chi connectivity index (χ1n) is 9.43. The number of halogens is 3. The first-order valence-corrected chi connectivity index (χ1v) is 10.5. The highest BCUT2D eigenvalue weighted by Crippen LogP contribution is 2.40. The topological polar surface area (TPSA) is 93.4 Å². The molecule has 162 valence electrons. The predicted octanol–water partition coefficient (Wildman–Crippen LogP) is 4.53. The zero-order valence-corrected chi connectivity index (χ0v) is 19.2. The normalized spacial score (nSPS) is 15.6. The summed E-state index contributed by atoms with van der Waals surface area (Å²) < 4.78 is 31.3. The van der Waals surface area contributed by atoms with Gasteiger partial charge in [0.05, 0.1) is 11.2 Å². The number of likely N-dealkylation sites (N-methyl/N-ethyl adjacent to an activating group) is 1. The highest BCUT2D eigenvalue weighted by molar-refractivity contribution is 14.1. The van der Waals surface area contributed by atoms with E-state index in [1.54, 1.807) is 32.2 Å². The minimum atomic E-state index is -2.63. The number of nitrogen functional groups attached to an aromatic ring is 1. The molecule has 1 aromatic heterocycles. The van der Waals surface area contributed by atoms with Crippen molar-refractivity contribution in [1.82, 2.24) is 9.97 Å². The number of aryl methyl sites for hydroxylation is 1. The second kappa shape index (κ2) is 7.74. The molecule has 1 aliphatic heterocycles. The molecule has 3 aromatic rings. The minimum Gasteiger partial charge on any atom is -0.481 e. The van der Waals surface area contributed by atoms with Gasteiger partial charge in [-0.05, 0) is 66.3 Å². The number of rotatable bonds is 4. The average molecular weight is 539 g/mol. The number of hydrogen-bond donors (Lipinski definition) is 2. The van der Waals surface area contributed by atoms with Crippen molar-refractivity contribution >= 4 is 56.6 Å². The highest BCUT2D eigenvalue weighted by atomic mass is 127. The van der Waals surface area contributed by atoms with Gasteiger partial charge in [-0.2, -0.15) is 0 Å². The standard InChI is InChI=1S/C21H20F2IN5O2/c1-10-26-15-8-17-16(29(3)18(30)9-31-17)7-14(15)20(27-10)28-21(2,24)12-4-11(19(22)23)5-13(25)6-12/h4-8,19H,9,25H2,1-3H3,(H,26,27,28). The van der Waals surface area contributed by atoms with Crippen molar-refractivity contribution in [3.05, 3.63) is 47.3 Å². The number of nitrogens with two attached hydrogens (primary N) is 1. The number of fused-ring (bicyclic) bond motifs is 2. The van der Waals surface area contributed by atoms with Gasteiger partial charge in [0.15, 0.2) is 6.61 Å². The van der Waals surface area contributed by atoms with Gasteiger partial charge in [-0.1, -0.05) is 0 Å². The van der Waals surface area contributed by atoms with Crippen LogP contribution >= 0.6 is 22.6 Å². The smallest absolute Gasteiger partial charge is 0.264 e. The second-order valence-electron chi connectivity index (χ2n) is 7.51. The molecule has 2 heterocycles.